The highest BCUT2D eigenvalue weighted by atomic mass is 127. The van der Waals surface area contributed by atoms with E-state index in [-0.39, 0.29) is 64.9 Å². The Hall–Kier alpha value is 0.0400. The minimum atomic E-state index is -0.364. The Bertz CT molecular complexity index is 811. The molecule has 38 heavy (non-hydrogen) atoms. The number of hydrogen-bond donors (Lipinski definition) is 4. The number of carbonyl (C=O) groups excluding carboxylic acids is 1. The molecule has 4 N–H and O–H groups in total. The molecule has 0 aromatic carbocycles. The topological polar surface area (TPSA) is 89.8 Å². The Morgan fingerprint density at radius 1 is 1.05 bits per heavy atom. The number of quaternary nitrogens is 1. The Morgan fingerprint density at radius 3 is 2.45 bits per heavy atom. The standard InChI is InChI=1S/C31H56N2O4.HI/c1-7-33(5,6)16-8-15-32-28(37)12-9-20(2)23-10-11-24-29-25(19-27(36)31(23,24)4)30(3)14-13-22(34)17-21(30)18-26(29)35;/h20-27,29,34-36H,7-19H2,1-6H3;1H/t20-,21+,22-,23-,24+,25+,26-,27+,29+,30+,31-;/m1./s1. The average Bonchev–Trinajstić information content (AvgIpc) is 3.20. The van der Waals surface area contributed by atoms with Crippen molar-refractivity contribution in [1.29, 1.82) is 0 Å². The number of fused-ring (bicyclic) bond motifs is 5. The Kier molecular flexibility index (Phi) is 10.7. The van der Waals surface area contributed by atoms with Crippen LogP contribution in [0.1, 0.15) is 91.9 Å². The van der Waals surface area contributed by atoms with Crippen LogP contribution in [0.15, 0.2) is 0 Å². The number of amides is 1. The van der Waals surface area contributed by atoms with Gasteiger partial charge in [0.2, 0.25) is 5.91 Å². The summed E-state index contributed by atoms with van der Waals surface area (Å²) in [4.78, 5) is 12.6. The number of carbonyl (C=O) groups is 1. The first-order valence-electron chi connectivity index (χ1n) is 15.5. The predicted molar refractivity (Wildman–Crippen MR) is 148 cm³/mol. The van der Waals surface area contributed by atoms with E-state index in [9.17, 15) is 20.1 Å². The van der Waals surface area contributed by atoms with Crippen molar-refractivity contribution in [2.24, 2.45) is 46.3 Å². The summed E-state index contributed by atoms with van der Waals surface area (Å²) in [6.07, 6.45) is 7.85. The molecule has 0 aliphatic heterocycles. The number of rotatable bonds is 9. The fourth-order valence-electron chi connectivity index (χ4n) is 9.67. The SMILES string of the molecule is CC[N+](C)(C)CCCNC(=O)CC[C@@H](C)[C@H]1CC[C@H]2[C@@H]3[C@H](O)C[C@@H]4C[C@H](O)CC[C@]4(C)[C@H]3C[C@H](O)[C@]12C.[I-]. The van der Waals surface area contributed by atoms with Crippen molar-refractivity contribution in [3.05, 3.63) is 0 Å². The minimum Gasteiger partial charge on any atom is -1.00 e. The molecule has 0 saturated heterocycles. The van der Waals surface area contributed by atoms with Crippen LogP contribution in [-0.2, 0) is 4.79 Å². The van der Waals surface area contributed by atoms with Crippen LogP contribution in [-0.4, -0.2) is 77.8 Å². The van der Waals surface area contributed by atoms with Gasteiger partial charge in [-0.05, 0) is 105 Å². The molecule has 0 bridgehead atoms. The van der Waals surface area contributed by atoms with Gasteiger partial charge in [0.15, 0.2) is 0 Å². The van der Waals surface area contributed by atoms with Crippen LogP contribution in [0.4, 0.5) is 0 Å². The molecule has 4 fully saturated rings. The van der Waals surface area contributed by atoms with Gasteiger partial charge in [-0.3, -0.25) is 4.79 Å². The molecule has 7 heteroatoms. The van der Waals surface area contributed by atoms with Crippen LogP contribution in [0.25, 0.3) is 0 Å². The Labute approximate surface area is 249 Å². The molecule has 0 unspecified atom stereocenters. The maximum absolute atomic E-state index is 12.6. The number of aliphatic hydroxyl groups excluding tert-OH is 3. The molecule has 4 saturated carbocycles. The predicted octanol–water partition coefficient (Wildman–Crippen LogP) is 0.971. The number of halogens is 1. The van der Waals surface area contributed by atoms with Crippen LogP contribution >= 0.6 is 0 Å². The van der Waals surface area contributed by atoms with Gasteiger partial charge in [-0.15, -0.1) is 0 Å². The van der Waals surface area contributed by atoms with Crippen LogP contribution in [0, 0.1) is 46.3 Å². The first-order valence-corrected chi connectivity index (χ1v) is 15.5. The van der Waals surface area contributed by atoms with Gasteiger partial charge in [-0.25, -0.2) is 0 Å². The van der Waals surface area contributed by atoms with Crippen molar-refractivity contribution in [2.45, 2.75) is 110 Å². The highest BCUT2D eigenvalue weighted by molar-refractivity contribution is 5.75. The molecular weight excluding hydrogens is 591 g/mol. The summed E-state index contributed by atoms with van der Waals surface area (Å²) in [5.74, 6) is 2.17. The summed E-state index contributed by atoms with van der Waals surface area (Å²) in [6, 6.07) is 0. The van der Waals surface area contributed by atoms with Crippen molar-refractivity contribution in [3.63, 3.8) is 0 Å². The second-order valence-electron chi connectivity index (χ2n) is 14.7. The second kappa shape index (κ2) is 12.5. The fourth-order valence-corrected chi connectivity index (χ4v) is 9.67. The quantitative estimate of drug-likeness (QED) is 0.171. The number of nitrogens with one attached hydrogen (secondary N) is 1. The zero-order valence-corrected chi connectivity index (χ0v) is 27.1. The van der Waals surface area contributed by atoms with Crippen molar-refractivity contribution >= 4 is 5.91 Å². The molecule has 1 amide bonds. The normalized spacial score (nSPS) is 43.3. The molecule has 0 aromatic rings. The van der Waals surface area contributed by atoms with E-state index in [1.165, 1.54) is 0 Å². The van der Waals surface area contributed by atoms with Gasteiger partial charge >= 0.3 is 0 Å². The lowest BCUT2D eigenvalue weighted by Crippen LogP contribution is -3.00. The summed E-state index contributed by atoms with van der Waals surface area (Å²) in [5, 5.41) is 36.6. The first kappa shape index (κ1) is 32.6. The van der Waals surface area contributed by atoms with Crippen LogP contribution in [0.5, 0.6) is 0 Å². The lowest BCUT2D eigenvalue weighted by Gasteiger charge is -2.63. The van der Waals surface area contributed by atoms with Crippen LogP contribution in [0.2, 0.25) is 0 Å². The van der Waals surface area contributed by atoms with Gasteiger partial charge in [0.1, 0.15) is 0 Å². The van der Waals surface area contributed by atoms with Gasteiger partial charge < -0.3 is 49.1 Å². The highest BCUT2D eigenvalue weighted by Gasteiger charge is 2.65. The van der Waals surface area contributed by atoms with Crippen molar-refractivity contribution < 1.29 is 48.6 Å². The summed E-state index contributed by atoms with van der Waals surface area (Å²) in [5.41, 5.74) is -0.0858. The third kappa shape index (κ3) is 6.12. The molecular formula is C31H57IN2O4. The smallest absolute Gasteiger partial charge is 0.220 e. The third-order valence-corrected chi connectivity index (χ3v) is 12.5. The van der Waals surface area contributed by atoms with Gasteiger partial charge in [-0.1, -0.05) is 20.8 Å². The molecule has 0 aromatic heterocycles. The summed E-state index contributed by atoms with van der Waals surface area (Å²) < 4.78 is 0.981. The molecule has 0 radical (unpaired) electrons. The van der Waals surface area contributed by atoms with Gasteiger partial charge in [0.25, 0.3) is 0 Å². The maximum Gasteiger partial charge on any atom is 0.220 e. The van der Waals surface area contributed by atoms with Gasteiger partial charge in [0, 0.05) is 19.4 Å². The zero-order valence-electron chi connectivity index (χ0n) is 25.0. The van der Waals surface area contributed by atoms with E-state index >= 15 is 0 Å². The zero-order chi connectivity index (χ0) is 27.2. The van der Waals surface area contributed by atoms with Gasteiger partial charge in [-0.2, -0.15) is 0 Å². The van der Waals surface area contributed by atoms with E-state index < -0.39 is 0 Å². The molecule has 0 spiro atoms. The van der Waals surface area contributed by atoms with Crippen LogP contribution in [0.3, 0.4) is 0 Å². The molecule has 0 heterocycles. The lowest BCUT2D eigenvalue weighted by atomic mass is 9.43. The van der Waals surface area contributed by atoms with E-state index in [1.807, 2.05) is 0 Å². The van der Waals surface area contributed by atoms with Crippen molar-refractivity contribution in [2.75, 3.05) is 33.7 Å². The Morgan fingerprint density at radius 2 is 1.76 bits per heavy atom. The molecule has 6 nitrogen and oxygen atoms in total. The molecule has 4 aliphatic carbocycles. The maximum atomic E-state index is 12.6. The number of nitrogens with zero attached hydrogens (tertiary/aromatic N) is 1. The van der Waals surface area contributed by atoms with Crippen LogP contribution < -0.4 is 29.3 Å². The summed E-state index contributed by atoms with van der Waals surface area (Å²) in [7, 11) is 4.46. The average molecular weight is 649 g/mol. The molecule has 11 atom stereocenters. The van der Waals surface area contributed by atoms with E-state index in [0.717, 1.165) is 81.9 Å². The second-order valence-corrected chi connectivity index (χ2v) is 14.7. The molecule has 4 aliphatic rings. The van der Waals surface area contributed by atoms with E-state index in [4.69, 9.17) is 0 Å². The lowest BCUT2D eigenvalue weighted by molar-refractivity contribution is -0.888. The fraction of sp³-hybridized carbons (Fsp3) is 0.968. The minimum absolute atomic E-state index is 0. The monoisotopic (exact) mass is 648 g/mol. The van der Waals surface area contributed by atoms with Crippen molar-refractivity contribution in [1.82, 2.24) is 5.32 Å². The van der Waals surface area contributed by atoms with Gasteiger partial charge in [0.05, 0.1) is 45.5 Å². The number of aliphatic hydroxyl groups is 3. The largest absolute Gasteiger partial charge is 1.00 e. The summed E-state index contributed by atoms with van der Waals surface area (Å²) >= 11 is 0. The van der Waals surface area contributed by atoms with Crippen molar-refractivity contribution in [3.8, 4) is 0 Å². The number of hydrogen-bond acceptors (Lipinski definition) is 4. The molecule has 4 rings (SSSR count). The molecule has 222 valence electrons. The van der Waals surface area contributed by atoms with E-state index in [2.05, 4.69) is 47.1 Å². The van der Waals surface area contributed by atoms with E-state index in [1.54, 1.807) is 0 Å². The van der Waals surface area contributed by atoms with E-state index in [0.29, 0.717) is 36.0 Å². The summed E-state index contributed by atoms with van der Waals surface area (Å²) in [6.45, 7) is 12.1. The Balaban J connectivity index is 0.00000400. The highest BCUT2D eigenvalue weighted by Crippen LogP contribution is 2.68. The first-order chi connectivity index (χ1) is 17.3. The third-order valence-electron chi connectivity index (χ3n) is 12.5.